The summed E-state index contributed by atoms with van der Waals surface area (Å²) in [6, 6.07) is 11.7. The fourth-order valence-corrected chi connectivity index (χ4v) is 4.92. The van der Waals surface area contributed by atoms with Crippen LogP contribution < -0.4 is 4.74 Å². The van der Waals surface area contributed by atoms with E-state index < -0.39 is 0 Å². The second-order valence-electron chi connectivity index (χ2n) is 9.35. The van der Waals surface area contributed by atoms with Crippen molar-refractivity contribution in [3.63, 3.8) is 0 Å². The third-order valence-electron chi connectivity index (χ3n) is 6.85. The van der Waals surface area contributed by atoms with Crippen LogP contribution in [0.4, 0.5) is 0 Å². The summed E-state index contributed by atoms with van der Waals surface area (Å²) in [7, 11) is 0. The van der Waals surface area contributed by atoms with Crippen LogP contribution in [0.2, 0.25) is 0 Å². The molecule has 6 aromatic heterocycles. The van der Waals surface area contributed by atoms with Crippen molar-refractivity contribution in [3.8, 4) is 39.8 Å². The summed E-state index contributed by atoms with van der Waals surface area (Å²) >= 11 is 0. The highest BCUT2D eigenvalue weighted by molar-refractivity contribution is 5.94. The highest BCUT2D eigenvalue weighted by Gasteiger charge is 2.18. The van der Waals surface area contributed by atoms with Crippen molar-refractivity contribution in [3.05, 3.63) is 67.4 Å². The number of hydrogen-bond donors (Lipinski definition) is 2. The lowest BCUT2D eigenvalue weighted by atomic mass is 10.1. The quantitative estimate of drug-likeness (QED) is 0.327. The van der Waals surface area contributed by atoms with Crippen molar-refractivity contribution in [2.24, 2.45) is 0 Å². The molecule has 1 saturated heterocycles. The zero-order valence-electron chi connectivity index (χ0n) is 20.6. The Morgan fingerprint density at radius 1 is 0.842 bits per heavy atom. The highest BCUT2D eigenvalue weighted by Crippen LogP contribution is 2.31. The molecule has 0 saturated carbocycles. The second kappa shape index (κ2) is 9.64. The number of rotatable bonds is 7. The van der Waals surface area contributed by atoms with Gasteiger partial charge in [-0.15, -0.1) is 0 Å². The topological polar surface area (TPSA) is 121 Å². The fourth-order valence-electron chi connectivity index (χ4n) is 4.92. The highest BCUT2D eigenvalue weighted by atomic mass is 16.5. The van der Waals surface area contributed by atoms with Crippen LogP contribution in [0.5, 0.6) is 5.75 Å². The SMILES string of the molecule is c1cncc(-c2nccc3[nH]c(-c4n[nH]c5ccc(-c6cncc(OCCN7CCCC7)c6)nc45)nc23)c1. The Balaban J connectivity index is 1.20. The normalized spacial score (nSPS) is 14.0. The van der Waals surface area contributed by atoms with E-state index in [0.29, 0.717) is 18.1 Å². The van der Waals surface area contributed by atoms with E-state index in [1.807, 2.05) is 36.4 Å². The average molecular weight is 504 g/mol. The van der Waals surface area contributed by atoms with Gasteiger partial charge in [-0.3, -0.25) is 25.0 Å². The fraction of sp³-hybridized carbons (Fsp3) is 0.214. The molecule has 0 radical (unpaired) electrons. The van der Waals surface area contributed by atoms with Crippen LogP contribution in [0, 0.1) is 0 Å². The lowest BCUT2D eigenvalue weighted by molar-refractivity contribution is 0.237. The Morgan fingerprint density at radius 2 is 1.74 bits per heavy atom. The lowest BCUT2D eigenvalue weighted by Crippen LogP contribution is -2.25. The molecule has 38 heavy (non-hydrogen) atoms. The molecule has 0 spiro atoms. The van der Waals surface area contributed by atoms with Gasteiger partial charge >= 0.3 is 0 Å². The molecule has 188 valence electrons. The summed E-state index contributed by atoms with van der Waals surface area (Å²) in [5.74, 6) is 1.36. The minimum absolute atomic E-state index is 0.617. The minimum atomic E-state index is 0.617. The Labute approximate surface area is 218 Å². The van der Waals surface area contributed by atoms with Crippen molar-refractivity contribution in [2.45, 2.75) is 12.8 Å². The minimum Gasteiger partial charge on any atom is -0.491 e. The number of nitrogens with zero attached hydrogens (tertiary/aromatic N) is 7. The molecule has 1 aliphatic heterocycles. The Bertz CT molecular complexity index is 1720. The van der Waals surface area contributed by atoms with E-state index in [1.54, 1.807) is 31.0 Å². The van der Waals surface area contributed by atoms with E-state index in [-0.39, 0.29) is 0 Å². The third-order valence-corrected chi connectivity index (χ3v) is 6.85. The molecular weight excluding hydrogens is 478 g/mol. The van der Waals surface area contributed by atoms with Gasteiger partial charge in [0.2, 0.25) is 0 Å². The number of aromatic nitrogens is 8. The van der Waals surface area contributed by atoms with E-state index in [9.17, 15) is 0 Å². The second-order valence-corrected chi connectivity index (χ2v) is 9.35. The molecule has 0 atom stereocenters. The number of hydrogen-bond acceptors (Lipinski definition) is 8. The number of likely N-dealkylation sites (tertiary alicyclic amines) is 1. The van der Waals surface area contributed by atoms with Crippen LogP contribution in [0.25, 0.3) is 56.1 Å². The van der Waals surface area contributed by atoms with E-state index in [2.05, 4.69) is 35.0 Å². The Hall–Kier alpha value is -4.70. The van der Waals surface area contributed by atoms with Gasteiger partial charge < -0.3 is 9.72 Å². The van der Waals surface area contributed by atoms with E-state index in [0.717, 1.165) is 70.0 Å². The van der Waals surface area contributed by atoms with Crippen LogP contribution >= 0.6 is 0 Å². The molecule has 2 N–H and O–H groups in total. The van der Waals surface area contributed by atoms with Gasteiger partial charge in [0.1, 0.15) is 23.4 Å². The van der Waals surface area contributed by atoms with Crippen LogP contribution in [0.1, 0.15) is 12.8 Å². The predicted octanol–water partition coefficient (Wildman–Crippen LogP) is 4.49. The first-order valence-electron chi connectivity index (χ1n) is 12.7. The molecule has 10 nitrogen and oxygen atoms in total. The molecule has 0 aromatic carbocycles. The molecule has 10 heteroatoms. The molecule has 0 unspecified atom stereocenters. The molecule has 0 bridgehead atoms. The van der Waals surface area contributed by atoms with Gasteiger partial charge in [-0.25, -0.2) is 9.97 Å². The number of ether oxygens (including phenoxy) is 1. The number of pyridine rings is 4. The number of H-pyrrole nitrogens is 2. The van der Waals surface area contributed by atoms with Gasteiger partial charge in [0.05, 0.1) is 28.6 Å². The predicted molar refractivity (Wildman–Crippen MR) is 144 cm³/mol. The van der Waals surface area contributed by atoms with Crippen LogP contribution in [0.15, 0.2) is 67.4 Å². The van der Waals surface area contributed by atoms with Crippen molar-refractivity contribution >= 4 is 22.1 Å². The molecule has 1 aliphatic rings. The third kappa shape index (κ3) is 4.24. The summed E-state index contributed by atoms with van der Waals surface area (Å²) < 4.78 is 6.00. The summed E-state index contributed by atoms with van der Waals surface area (Å²) in [5.41, 5.74) is 7.13. The summed E-state index contributed by atoms with van der Waals surface area (Å²) in [6.45, 7) is 3.89. The van der Waals surface area contributed by atoms with E-state index in [1.165, 1.54) is 12.8 Å². The van der Waals surface area contributed by atoms with E-state index >= 15 is 0 Å². The first-order valence-corrected chi connectivity index (χ1v) is 12.7. The zero-order valence-corrected chi connectivity index (χ0v) is 20.6. The standard InChI is InChI=1S/C28H25N9O/c1-2-11-37(10-1)12-13-38-20-14-19(16-30-17-20)21-5-6-23-26(32-21)27(36-35-23)28-33-22-7-9-31-24(25(22)34-28)18-4-3-8-29-15-18/h3-9,14-17H,1-2,10-13H2,(H,33,34)(H,35,36). The van der Waals surface area contributed by atoms with Gasteiger partial charge in [-0.2, -0.15) is 5.10 Å². The molecule has 7 heterocycles. The summed E-state index contributed by atoms with van der Waals surface area (Å²) in [6.07, 6.45) is 11.4. The molecule has 0 amide bonds. The molecule has 1 fully saturated rings. The average Bonchev–Trinajstić information content (AvgIpc) is 3.73. The molecular formula is C28H25N9O. The number of nitrogens with one attached hydrogen (secondary N) is 2. The first kappa shape index (κ1) is 22.5. The van der Waals surface area contributed by atoms with Crippen LogP contribution in [-0.4, -0.2) is 71.2 Å². The largest absolute Gasteiger partial charge is 0.491 e. The van der Waals surface area contributed by atoms with Crippen molar-refractivity contribution in [1.82, 2.24) is 45.0 Å². The Morgan fingerprint density at radius 3 is 2.63 bits per heavy atom. The maximum absolute atomic E-state index is 6.00. The lowest BCUT2D eigenvalue weighted by Gasteiger charge is -2.15. The molecule has 6 aromatic rings. The van der Waals surface area contributed by atoms with Gasteiger partial charge in [-0.05, 0) is 62.3 Å². The summed E-state index contributed by atoms with van der Waals surface area (Å²) in [5, 5.41) is 7.61. The van der Waals surface area contributed by atoms with Crippen molar-refractivity contribution in [2.75, 3.05) is 26.2 Å². The number of imidazole rings is 1. The van der Waals surface area contributed by atoms with Gasteiger partial charge in [0, 0.05) is 42.5 Å². The number of fused-ring (bicyclic) bond motifs is 2. The molecule has 0 aliphatic carbocycles. The molecule has 7 rings (SSSR count). The van der Waals surface area contributed by atoms with Gasteiger partial charge in [0.15, 0.2) is 11.5 Å². The van der Waals surface area contributed by atoms with Crippen molar-refractivity contribution < 1.29 is 4.74 Å². The van der Waals surface area contributed by atoms with E-state index in [4.69, 9.17) is 14.7 Å². The van der Waals surface area contributed by atoms with Gasteiger partial charge in [-0.1, -0.05) is 0 Å². The van der Waals surface area contributed by atoms with Crippen molar-refractivity contribution in [1.29, 1.82) is 0 Å². The summed E-state index contributed by atoms with van der Waals surface area (Å²) in [4.78, 5) is 28.8. The van der Waals surface area contributed by atoms with Crippen LogP contribution in [0.3, 0.4) is 0 Å². The smallest absolute Gasteiger partial charge is 0.161 e. The maximum atomic E-state index is 6.00. The van der Waals surface area contributed by atoms with Crippen LogP contribution in [-0.2, 0) is 0 Å². The monoisotopic (exact) mass is 503 g/mol. The van der Waals surface area contributed by atoms with Gasteiger partial charge in [0.25, 0.3) is 0 Å². The maximum Gasteiger partial charge on any atom is 0.161 e. The number of aromatic amines is 2. The first-order chi connectivity index (χ1) is 18.8. The zero-order chi connectivity index (χ0) is 25.3. The Kier molecular flexibility index (Phi) is 5.71.